The molecule has 0 radical (unpaired) electrons. The Morgan fingerprint density at radius 2 is 0.893 bits per heavy atom. The van der Waals surface area contributed by atoms with Crippen LogP contribution in [0, 0.1) is 11.8 Å². The third kappa shape index (κ3) is 8.61. The zero-order valence-corrected chi connectivity index (χ0v) is 33.6. The number of hydrogen-bond acceptors (Lipinski definition) is 8. The van der Waals surface area contributed by atoms with E-state index in [-0.39, 0.29) is 46.4 Å². The van der Waals surface area contributed by atoms with E-state index in [2.05, 4.69) is 71.3 Å². The van der Waals surface area contributed by atoms with E-state index in [0.29, 0.717) is 23.0 Å². The Bertz CT molecular complexity index is 1740. The number of ether oxygens (including phenoxy) is 4. The Kier molecular flexibility index (Phi) is 12.8. The van der Waals surface area contributed by atoms with Crippen LogP contribution in [0.2, 0.25) is 0 Å². The van der Waals surface area contributed by atoms with Gasteiger partial charge in [-0.25, -0.2) is 0 Å². The summed E-state index contributed by atoms with van der Waals surface area (Å²) in [4.78, 5) is 27.8. The first-order valence-corrected chi connectivity index (χ1v) is 22.3. The van der Waals surface area contributed by atoms with Crippen LogP contribution < -0.4 is 10.6 Å². The molecule has 2 N–H and O–H groups in total. The van der Waals surface area contributed by atoms with E-state index in [1.54, 1.807) is 14.2 Å². The summed E-state index contributed by atoms with van der Waals surface area (Å²) in [7, 11) is 6.99. The summed E-state index contributed by atoms with van der Waals surface area (Å²) >= 11 is 0. The molecule has 10 heteroatoms. The largest absolute Gasteiger partial charge is 0.354 e. The first-order valence-electron chi connectivity index (χ1n) is 20.0. The van der Waals surface area contributed by atoms with Crippen LogP contribution in [0.4, 0.5) is 0 Å². The van der Waals surface area contributed by atoms with Gasteiger partial charge in [0.05, 0.1) is 24.3 Å². The van der Waals surface area contributed by atoms with Crippen molar-refractivity contribution in [1.29, 1.82) is 0 Å². The van der Waals surface area contributed by atoms with Crippen molar-refractivity contribution >= 4 is 33.4 Å². The number of carbonyl (C=O) groups excluding carboxylic acids is 2. The second-order valence-electron chi connectivity index (χ2n) is 15.6. The maximum absolute atomic E-state index is 13.9. The lowest BCUT2D eigenvalue weighted by Gasteiger charge is -2.52. The van der Waals surface area contributed by atoms with Gasteiger partial charge in [-0.3, -0.25) is 9.59 Å². The highest BCUT2D eigenvalue weighted by Crippen LogP contribution is 2.54. The standard InChI is InChI=1S/C46H52N2O6S2/c1-51-45-39(47-43(49)31-19-11-5-12-20-31)41(35-27-33(23-25-37(35)53-45)29-15-7-3-8-16-29)55-56-42-36-28-34(30-17-9-4-10-18-30)24-26-38(36)54-46(52-2)40(42)48-44(50)32-21-13-6-14-22-32/h3-22,33-42,45-46H,23-28H2,1-2H3,(H,47,49)(H,48,50)/t33?,34?,35?,36?,37?,38?,39?,40?,41-,42+,45?,46?. The maximum atomic E-state index is 13.9. The third-order valence-electron chi connectivity index (χ3n) is 12.4. The Hall–Kier alpha value is -3.64. The quantitative estimate of drug-likeness (QED) is 0.146. The minimum absolute atomic E-state index is 0.0113. The van der Waals surface area contributed by atoms with Gasteiger partial charge in [-0.2, -0.15) is 0 Å². The Balaban J connectivity index is 1.13. The van der Waals surface area contributed by atoms with Crippen molar-refractivity contribution in [3.63, 3.8) is 0 Å². The molecule has 10 unspecified atom stereocenters. The van der Waals surface area contributed by atoms with Gasteiger partial charge in [0.15, 0.2) is 12.6 Å². The lowest BCUT2D eigenvalue weighted by molar-refractivity contribution is -0.216. The first-order chi connectivity index (χ1) is 27.5. The van der Waals surface area contributed by atoms with Gasteiger partial charge >= 0.3 is 0 Å². The monoisotopic (exact) mass is 792 g/mol. The second-order valence-corrected chi connectivity index (χ2v) is 18.2. The average Bonchev–Trinajstić information content (AvgIpc) is 3.26. The smallest absolute Gasteiger partial charge is 0.251 e. The van der Waals surface area contributed by atoms with E-state index in [1.165, 1.54) is 11.1 Å². The van der Waals surface area contributed by atoms with Gasteiger partial charge in [0.1, 0.15) is 0 Å². The molecule has 2 aliphatic heterocycles. The lowest BCUT2D eigenvalue weighted by Crippen LogP contribution is -2.62. The molecule has 0 spiro atoms. The molecule has 0 bridgehead atoms. The molecule has 4 fully saturated rings. The van der Waals surface area contributed by atoms with Gasteiger partial charge in [-0.05, 0) is 85.8 Å². The topological polar surface area (TPSA) is 95.1 Å². The highest BCUT2D eigenvalue weighted by molar-refractivity contribution is 8.77. The molecule has 2 saturated heterocycles. The minimum atomic E-state index is -0.616. The molecular weight excluding hydrogens is 741 g/mol. The zero-order chi connectivity index (χ0) is 38.4. The predicted molar refractivity (Wildman–Crippen MR) is 223 cm³/mol. The Morgan fingerprint density at radius 1 is 0.536 bits per heavy atom. The summed E-state index contributed by atoms with van der Waals surface area (Å²) in [5.41, 5.74) is 3.88. The van der Waals surface area contributed by atoms with Crippen molar-refractivity contribution in [3.8, 4) is 0 Å². The van der Waals surface area contributed by atoms with Gasteiger partial charge in [0, 0.05) is 47.7 Å². The molecule has 2 saturated carbocycles. The van der Waals surface area contributed by atoms with Crippen LogP contribution in [0.25, 0.3) is 0 Å². The Labute approximate surface area is 338 Å². The summed E-state index contributed by atoms with van der Waals surface area (Å²) in [6.07, 6.45) is 4.50. The molecular formula is C46H52N2O6S2. The molecule has 4 aromatic rings. The summed E-state index contributed by atoms with van der Waals surface area (Å²) in [6, 6.07) is 39.4. The molecule has 8 rings (SSSR count). The van der Waals surface area contributed by atoms with Crippen molar-refractivity contribution in [1.82, 2.24) is 10.6 Å². The fourth-order valence-electron chi connectivity index (χ4n) is 9.54. The molecule has 12 atom stereocenters. The van der Waals surface area contributed by atoms with Gasteiger partial charge in [-0.1, -0.05) is 119 Å². The highest BCUT2D eigenvalue weighted by Gasteiger charge is 2.53. The number of hydrogen-bond donors (Lipinski definition) is 2. The van der Waals surface area contributed by atoms with E-state index in [4.69, 9.17) is 18.9 Å². The SMILES string of the molecule is COC1OC2CCC(c3ccccc3)CC2[C@@H](SS[C@H]2C3CC(c4ccccc4)CCC3OC(OC)C2NC(=O)c2ccccc2)C1NC(=O)c1ccccc1. The van der Waals surface area contributed by atoms with Crippen LogP contribution >= 0.6 is 21.6 Å². The lowest BCUT2D eigenvalue weighted by atomic mass is 9.72. The van der Waals surface area contributed by atoms with Crippen molar-refractivity contribution in [2.45, 2.75) is 97.7 Å². The summed E-state index contributed by atoms with van der Waals surface area (Å²) in [5, 5.41) is 6.67. The van der Waals surface area contributed by atoms with E-state index in [0.717, 1.165) is 38.5 Å². The zero-order valence-electron chi connectivity index (χ0n) is 32.0. The van der Waals surface area contributed by atoms with Crippen LogP contribution in [0.1, 0.15) is 82.2 Å². The van der Waals surface area contributed by atoms with Crippen LogP contribution in [0.15, 0.2) is 121 Å². The minimum Gasteiger partial charge on any atom is -0.354 e. The van der Waals surface area contributed by atoms with E-state index in [9.17, 15) is 9.59 Å². The molecule has 0 aromatic heterocycles. The number of nitrogens with one attached hydrogen (secondary N) is 2. The summed E-state index contributed by atoms with van der Waals surface area (Å²) < 4.78 is 25.6. The normalized spacial score (nSPS) is 32.7. The van der Waals surface area contributed by atoms with E-state index in [1.807, 2.05) is 82.3 Å². The number of carbonyl (C=O) groups is 2. The van der Waals surface area contributed by atoms with Crippen molar-refractivity contribution in [2.75, 3.05) is 14.2 Å². The first kappa shape index (κ1) is 39.2. The molecule has 4 aliphatic rings. The van der Waals surface area contributed by atoms with Gasteiger partial charge < -0.3 is 29.6 Å². The predicted octanol–water partition coefficient (Wildman–Crippen LogP) is 8.61. The molecule has 8 nitrogen and oxygen atoms in total. The number of rotatable bonds is 11. The van der Waals surface area contributed by atoms with E-state index >= 15 is 0 Å². The van der Waals surface area contributed by atoms with Crippen LogP contribution in [0.3, 0.4) is 0 Å². The Morgan fingerprint density at radius 3 is 1.25 bits per heavy atom. The van der Waals surface area contributed by atoms with Crippen molar-refractivity contribution in [2.24, 2.45) is 11.8 Å². The molecule has 294 valence electrons. The van der Waals surface area contributed by atoms with Crippen LogP contribution in [-0.4, -0.2) is 73.4 Å². The van der Waals surface area contributed by atoms with Gasteiger partial charge in [0.2, 0.25) is 0 Å². The third-order valence-corrected chi connectivity index (χ3v) is 15.9. The summed E-state index contributed by atoms with van der Waals surface area (Å²) in [6.45, 7) is 0. The number of benzene rings is 4. The molecule has 4 aromatic carbocycles. The molecule has 56 heavy (non-hydrogen) atoms. The molecule has 2 aliphatic carbocycles. The molecule has 2 amide bonds. The fraction of sp³-hybridized carbons (Fsp3) is 0.435. The van der Waals surface area contributed by atoms with Gasteiger partial charge in [0.25, 0.3) is 11.8 Å². The van der Waals surface area contributed by atoms with Crippen molar-refractivity contribution in [3.05, 3.63) is 144 Å². The maximum Gasteiger partial charge on any atom is 0.251 e. The van der Waals surface area contributed by atoms with E-state index < -0.39 is 24.7 Å². The van der Waals surface area contributed by atoms with Crippen LogP contribution in [0.5, 0.6) is 0 Å². The van der Waals surface area contributed by atoms with Crippen molar-refractivity contribution < 1.29 is 28.5 Å². The molecule has 2 heterocycles. The number of amides is 2. The average molecular weight is 793 g/mol. The second kappa shape index (κ2) is 18.3. The number of fused-ring (bicyclic) bond motifs is 2. The van der Waals surface area contributed by atoms with Gasteiger partial charge in [-0.15, -0.1) is 0 Å². The highest BCUT2D eigenvalue weighted by atomic mass is 33.1. The fourth-order valence-corrected chi connectivity index (χ4v) is 13.6. The summed E-state index contributed by atoms with van der Waals surface area (Å²) in [5.74, 6) is 0.755. The van der Waals surface area contributed by atoms with Crippen LogP contribution in [-0.2, 0) is 18.9 Å². The number of methoxy groups -OCH3 is 2.